The van der Waals surface area contributed by atoms with Gasteiger partial charge < -0.3 is 4.90 Å². The van der Waals surface area contributed by atoms with Crippen LogP contribution < -0.4 is 4.90 Å². The molecular weight excluding hydrogens is 394 g/mol. The minimum Gasteiger partial charge on any atom is -0.368 e. The third kappa shape index (κ3) is 4.38. The summed E-state index contributed by atoms with van der Waals surface area (Å²) in [5, 5.41) is 1.33. The van der Waals surface area contributed by atoms with E-state index in [4.69, 9.17) is 23.2 Å². The van der Waals surface area contributed by atoms with Crippen molar-refractivity contribution >= 4 is 51.5 Å². The largest absolute Gasteiger partial charge is 0.368 e. The van der Waals surface area contributed by atoms with Crippen LogP contribution in [0, 0.1) is 0 Å². The molecule has 2 nitrogen and oxygen atoms in total. The summed E-state index contributed by atoms with van der Waals surface area (Å²) in [4.78, 5) is 4.88. The van der Waals surface area contributed by atoms with Crippen LogP contribution in [0.25, 0.3) is 0 Å². The second-order valence-corrected chi connectivity index (χ2v) is 6.66. The summed E-state index contributed by atoms with van der Waals surface area (Å²) in [5.74, 6) is 0. The Balaban J connectivity index is 1.87. The first-order valence-electron chi connectivity index (χ1n) is 6.69. The molecule has 0 saturated carbocycles. The summed E-state index contributed by atoms with van der Waals surface area (Å²) >= 11 is 14.8. The van der Waals surface area contributed by atoms with Crippen LogP contribution in [0.4, 0.5) is 5.69 Å². The van der Waals surface area contributed by atoms with Gasteiger partial charge in [0.25, 0.3) is 0 Å². The van der Waals surface area contributed by atoms with Crippen LogP contribution in [0.5, 0.6) is 0 Å². The van der Waals surface area contributed by atoms with Crippen molar-refractivity contribution in [3.8, 4) is 0 Å². The molecule has 1 aromatic carbocycles. The molecule has 1 aliphatic heterocycles. The van der Waals surface area contributed by atoms with Crippen molar-refractivity contribution in [2.45, 2.75) is 12.8 Å². The fraction of sp³-hybridized carbons (Fsp3) is 0.571. The summed E-state index contributed by atoms with van der Waals surface area (Å²) in [6.07, 6.45) is 2.63. The van der Waals surface area contributed by atoms with Crippen LogP contribution in [0.15, 0.2) is 18.2 Å². The number of nitrogens with zero attached hydrogens (tertiary/aromatic N) is 2. The Bertz CT molecular complexity index is 406. The molecule has 0 spiro atoms. The third-order valence-corrected chi connectivity index (χ3v) is 5.07. The molecule has 0 N–H and O–H groups in total. The molecular formula is C14H19Cl2IN2. The van der Waals surface area contributed by atoms with Gasteiger partial charge in [-0.3, -0.25) is 4.90 Å². The van der Waals surface area contributed by atoms with Gasteiger partial charge in [-0.1, -0.05) is 51.9 Å². The van der Waals surface area contributed by atoms with Crippen molar-refractivity contribution in [1.29, 1.82) is 0 Å². The van der Waals surface area contributed by atoms with Crippen molar-refractivity contribution in [3.63, 3.8) is 0 Å². The van der Waals surface area contributed by atoms with Gasteiger partial charge in [-0.05, 0) is 35.9 Å². The second-order valence-electron chi connectivity index (χ2n) is 4.80. The number of halogens is 3. The molecule has 19 heavy (non-hydrogen) atoms. The summed E-state index contributed by atoms with van der Waals surface area (Å²) in [7, 11) is 0. The maximum Gasteiger partial charge on any atom is 0.0825 e. The smallest absolute Gasteiger partial charge is 0.0825 e. The van der Waals surface area contributed by atoms with Crippen LogP contribution in [0.2, 0.25) is 10.0 Å². The predicted molar refractivity (Wildman–Crippen MR) is 93.2 cm³/mol. The van der Waals surface area contributed by atoms with Crippen LogP contribution in [-0.2, 0) is 0 Å². The van der Waals surface area contributed by atoms with Gasteiger partial charge in [0.15, 0.2) is 0 Å². The molecule has 2 rings (SSSR count). The number of anilines is 1. The Morgan fingerprint density at radius 3 is 2.47 bits per heavy atom. The minimum atomic E-state index is 0.642. The standard InChI is InChI=1S/C14H19Cl2IN2/c15-12-4-3-5-13(14(12)16)19-10-8-18(9-11-19)7-2-1-6-17/h3-5H,1-2,6-11H2. The van der Waals surface area contributed by atoms with Crippen molar-refractivity contribution in [3.05, 3.63) is 28.2 Å². The number of hydrogen-bond donors (Lipinski definition) is 0. The highest BCUT2D eigenvalue weighted by Crippen LogP contribution is 2.32. The molecule has 1 aromatic rings. The number of alkyl halides is 1. The quantitative estimate of drug-likeness (QED) is 0.403. The molecule has 1 saturated heterocycles. The van der Waals surface area contributed by atoms with E-state index in [1.807, 2.05) is 12.1 Å². The summed E-state index contributed by atoms with van der Waals surface area (Å²) in [5.41, 5.74) is 1.07. The summed E-state index contributed by atoms with van der Waals surface area (Å²) in [6.45, 7) is 5.52. The van der Waals surface area contributed by atoms with E-state index in [0.29, 0.717) is 10.0 Å². The third-order valence-electron chi connectivity index (χ3n) is 3.50. The number of benzene rings is 1. The Morgan fingerprint density at radius 2 is 1.79 bits per heavy atom. The van der Waals surface area contributed by atoms with E-state index in [1.165, 1.54) is 23.8 Å². The fourth-order valence-electron chi connectivity index (χ4n) is 2.38. The Kier molecular flexibility index (Phi) is 6.53. The van der Waals surface area contributed by atoms with E-state index in [1.54, 1.807) is 0 Å². The highest BCUT2D eigenvalue weighted by molar-refractivity contribution is 14.1. The van der Waals surface area contributed by atoms with Crippen molar-refractivity contribution in [1.82, 2.24) is 4.90 Å². The molecule has 0 atom stereocenters. The zero-order chi connectivity index (χ0) is 13.7. The van der Waals surface area contributed by atoms with Gasteiger partial charge in [-0.25, -0.2) is 0 Å². The monoisotopic (exact) mass is 412 g/mol. The predicted octanol–water partition coefficient (Wildman–Crippen LogP) is 4.33. The molecule has 0 aliphatic carbocycles. The Hall–Kier alpha value is 0.290. The number of piperazine rings is 1. The van der Waals surface area contributed by atoms with Gasteiger partial charge >= 0.3 is 0 Å². The van der Waals surface area contributed by atoms with E-state index in [9.17, 15) is 0 Å². The van der Waals surface area contributed by atoms with Gasteiger partial charge in [0.05, 0.1) is 15.7 Å². The van der Waals surface area contributed by atoms with Gasteiger partial charge in [0.1, 0.15) is 0 Å². The Morgan fingerprint density at radius 1 is 1.05 bits per heavy atom. The first-order chi connectivity index (χ1) is 9.22. The first kappa shape index (κ1) is 15.7. The summed E-state index contributed by atoms with van der Waals surface area (Å²) < 4.78 is 1.26. The van der Waals surface area contributed by atoms with Gasteiger partial charge in [-0.2, -0.15) is 0 Å². The highest BCUT2D eigenvalue weighted by Gasteiger charge is 2.19. The molecule has 1 fully saturated rings. The lowest BCUT2D eigenvalue weighted by Crippen LogP contribution is -2.46. The first-order valence-corrected chi connectivity index (χ1v) is 8.98. The summed E-state index contributed by atoms with van der Waals surface area (Å²) in [6, 6.07) is 5.87. The maximum absolute atomic E-state index is 6.28. The molecule has 0 aromatic heterocycles. The lowest BCUT2D eigenvalue weighted by Gasteiger charge is -2.36. The van der Waals surface area contributed by atoms with Crippen molar-refractivity contribution < 1.29 is 0 Å². The molecule has 106 valence electrons. The Labute approximate surface area is 139 Å². The number of unbranched alkanes of at least 4 members (excludes halogenated alkanes) is 1. The van der Waals surface area contributed by atoms with E-state index < -0.39 is 0 Å². The lowest BCUT2D eigenvalue weighted by atomic mass is 10.2. The van der Waals surface area contributed by atoms with Crippen molar-refractivity contribution in [2.75, 3.05) is 42.1 Å². The van der Waals surface area contributed by atoms with Crippen LogP contribution in [-0.4, -0.2) is 42.1 Å². The highest BCUT2D eigenvalue weighted by atomic mass is 127. The van der Waals surface area contributed by atoms with Gasteiger partial charge in [-0.15, -0.1) is 0 Å². The molecule has 0 unspecified atom stereocenters. The number of rotatable bonds is 5. The fourth-order valence-corrected chi connectivity index (χ4v) is 3.33. The van der Waals surface area contributed by atoms with E-state index in [2.05, 4.69) is 38.5 Å². The zero-order valence-electron chi connectivity index (χ0n) is 10.9. The van der Waals surface area contributed by atoms with Gasteiger partial charge in [0.2, 0.25) is 0 Å². The molecule has 0 bridgehead atoms. The van der Waals surface area contributed by atoms with Crippen LogP contribution >= 0.6 is 45.8 Å². The molecule has 1 aliphatic rings. The molecule has 1 heterocycles. The number of hydrogen-bond acceptors (Lipinski definition) is 2. The molecule has 5 heteroatoms. The van der Waals surface area contributed by atoms with E-state index in [-0.39, 0.29) is 0 Å². The lowest BCUT2D eigenvalue weighted by molar-refractivity contribution is 0.254. The zero-order valence-corrected chi connectivity index (χ0v) is 14.6. The minimum absolute atomic E-state index is 0.642. The van der Waals surface area contributed by atoms with E-state index in [0.717, 1.165) is 31.9 Å². The van der Waals surface area contributed by atoms with E-state index >= 15 is 0 Å². The topological polar surface area (TPSA) is 6.48 Å². The van der Waals surface area contributed by atoms with Crippen LogP contribution in [0.3, 0.4) is 0 Å². The second kappa shape index (κ2) is 7.91. The average Bonchev–Trinajstić information content (AvgIpc) is 2.43. The SMILES string of the molecule is Clc1cccc(N2CCN(CCCCI)CC2)c1Cl. The van der Waals surface area contributed by atoms with Crippen molar-refractivity contribution in [2.24, 2.45) is 0 Å². The van der Waals surface area contributed by atoms with Gasteiger partial charge in [0, 0.05) is 26.2 Å². The maximum atomic E-state index is 6.28. The van der Waals surface area contributed by atoms with Crippen LogP contribution in [0.1, 0.15) is 12.8 Å². The normalized spacial score (nSPS) is 16.9. The molecule has 0 radical (unpaired) electrons. The average molecular weight is 413 g/mol. The molecule has 0 amide bonds.